The molecule has 0 atom stereocenters. The topological polar surface area (TPSA) is 18.5 Å². The zero-order valence-corrected chi connectivity index (χ0v) is 16.6. The van der Waals surface area contributed by atoms with E-state index in [4.69, 9.17) is 0 Å². The molecule has 4 rings (SSSR count). The van der Waals surface area contributed by atoms with E-state index in [9.17, 15) is 0 Å². The van der Waals surface area contributed by atoms with Gasteiger partial charge < -0.3 is 15.1 Å². The van der Waals surface area contributed by atoms with Crippen molar-refractivity contribution in [3.8, 4) is 0 Å². The minimum atomic E-state index is 0. The summed E-state index contributed by atoms with van der Waals surface area (Å²) in [5.74, 6) is 0. The van der Waals surface area contributed by atoms with Gasteiger partial charge in [-0.3, -0.25) is 0 Å². The first-order valence-corrected chi connectivity index (χ1v) is 8.98. The molecule has 1 saturated heterocycles. The second-order valence-corrected chi connectivity index (χ2v) is 6.55. The number of benzene rings is 2. The van der Waals surface area contributed by atoms with Crippen LogP contribution in [0.15, 0.2) is 48.5 Å². The number of nitrogens with zero attached hydrogens (tertiary/aromatic N) is 2. The van der Waals surface area contributed by atoms with Crippen molar-refractivity contribution in [1.29, 1.82) is 0 Å². The molecule has 0 amide bonds. The lowest BCUT2D eigenvalue weighted by Gasteiger charge is -2.30. The van der Waals surface area contributed by atoms with Gasteiger partial charge >= 0.3 is 0 Å². The summed E-state index contributed by atoms with van der Waals surface area (Å²) in [5.41, 5.74) is 5.24. The maximum Gasteiger partial charge on any atom is 0.0484 e. The van der Waals surface area contributed by atoms with Gasteiger partial charge in [0.1, 0.15) is 0 Å². The Morgan fingerprint density at radius 3 is 1.85 bits per heavy atom. The monoisotopic (exact) mass is 391 g/mol. The van der Waals surface area contributed by atoms with Crippen LogP contribution in [0.2, 0.25) is 0 Å². The van der Waals surface area contributed by atoms with Crippen LogP contribution in [0.3, 0.4) is 0 Å². The minimum absolute atomic E-state index is 0. The first-order chi connectivity index (χ1) is 11.9. The third-order valence-electron chi connectivity index (χ3n) is 4.96. The van der Waals surface area contributed by atoms with Crippen LogP contribution in [-0.4, -0.2) is 44.2 Å². The summed E-state index contributed by atoms with van der Waals surface area (Å²) in [7, 11) is 0. The molecular weight excluding hydrogens is 365 g/mol. The SMILES string of the molecule is C1=Cc2ccccc2N(CCCN2CCNCC2)c2ccccc21.Cl.Cl. The highest BCUT2D eigenvalue weighted by molar-refractivity contribution is 5.88. The van der Waals surface area contributed by atoms with Crippen LogP contribution < -0.4 is 10.2 Å². The van der Waals surface area contributed by atoms with Crippen molar-refractivity contribution in [2.24, 2.45) is 0 Å². The molecule has 0 bridgehead atoms. The second kappa shape index (κ2) is 9.98. The summed E-state index contributed by atoms with van der Waals surface area (Å²) in [5, 5.41) is 3.43. The van der Waals surface area contributed by atoms with E-state index in [1.54, 1.807) is 0 Å². The van der Waals surface area contributed by atoms with E-state index < -0.39 is 0 Å². The van der Waals surface area contributed by atoms with Crippen molar-refractivity contribution in [2.45, 2.75) is 6.42 Å². The lowest BCUT2D eigenvalue weighted by Crippen LogP contribution is -2.44. The van der Waals surface area contributed by atoms with Gasteiger partial charge in [-0.2, -0.15) is 0 Å². The van der Waals surface area contributed by atoms with Gasteiger partial charge in [0.25, 0.3) is 0 Å². The molecule has 2 aromatic rings. The third-order valence-corrected chi connectivity index (χ3v) is 4.96. The standard InChI is InChI=1S/C21H25N3.2ClH/c1-3-8-20-18(6-1)10-11-19-7-2-4-9-21(19)24(20)15-5-14-23-16-12-22-13-17-23;;/h1-4,6-11,22H,5,12-17H2;2*1H. The van der Waals surface area contributed by atoms with Gasteiger partial charge in [-0.05, 0) is 36.2 Å². The molecule has 0 aromatic heterocycles. The highest BCUT2D eigenvalue weighted by Crippen LogP contribution is 2.36. The molecule has 0 aliphatic carbocycles. The smallest absolute Gasteiger partial charge is 0.0484 e. The zero-order chi connectivity index (χ0) is 16.2. The summed E-state index contributed by atoms with van der Waals surface area (Å²) >= 11 is 0. The molecule has 0 unspecified atom stereocenters. The van der Waals surface area contributed by atoms with Crippen LogP contribution in [0.1, 0.15) is 17.5 Å². The fourth-order valence-electron chi connectivity index (χ4n) is 3.69. The van der Waals surface area contributed by atoms with Crippen molar-refractivity contribution in [3.63, 3.8) is 0 Å². The molecule has 140 valence electrons. The third kappa shape index (κ3) is 4.60. The Balaban J connectivity index is 0.00000121. The van der Waals surface area contributed by atoms with Crippen molar-refractivity contribution in [3.05, 3.63) is 59.7 Å². The molecule has 2 aliphatic heterocycles. The van der Waals surface area contributed by atoms with Crippen LogP contribution in [-0.2, 0) is 0 Å². The van der Waals surface area contributed by atoms with Gasteiger partial charge in [-0.1, -0.05) is 48.6 Å². The van der Waals surface area contributed by atoms with Gasteiger partial charge in [0.05, 0.1) is 0 Å². The average molecular weight is 392 g/mol. The fourth-order valence-corrected chi connectivity index (χ4v) is 3.69. The van der Waals surface area contributed by atoms with E-state index in [0.29, 0.717) is 0 Å². The highest BCUT2D eigenvalue weighted by Gasteiger charge is 2.17. The number of piperazine rings is 1. The number of halogens is 2. The van der Waals surface area contributed by atoms with Crippen molar-refractivity contribution >= 4 is 48.3 Å². The summed E-state index contributed by atoms with van der Waals surface area (Å²) < 4.78 is 0. The Kier molecular flexibility index (Phi) is 7.98. The molecule has 0 spiro atoms. The largest absolute Gasteiger partial charge is 0.340 e. The number of fused-ring (bicyclic) bond motifs is 2. The van der Waals surface area contributed by atoms with Crippen LogP contribution >= 0.6 is 24.8 Å². The minimum Gasteiger partial charge on any atom is -0.340 e. The Bertz CT molecular complexity index is 677. The summed E-state index contributed by atoms with van der Waals surface area (Å²) in [4.78, 5) is 5.07. The van der Waals surface area contributed by atoms with E-state index in [2.05, 4.69) is 75.8 Å². The number of rotatable bonds is 4. The van der Waals surface area contributed by atoms with Gasteiger partial charge in [-0.25, -0.2) is 0 Å². The molecule has 0 radical (unpaired) electrons. The average Bonchev–Trinajstić information content (AvgIpc) is 2.80. The Hall–Kier alpha value is -1.52. The van der Waals surface area contributed by atoms with Crippen LogP contribution in [0.25, 0.3) is 12.2 Å². The number of hydrogen-bond acceptors (Lipinski definition) is 3. The quantitative estimate of drug-likeness (QED) is 0.830. The first-order valence-electron chi connectivity index (χ1n) is 8.98. The Morgan fingerprint density at radius 1 is 0.731 bits per heavy atom. The molecule has 2 aliphatic rings. The first kappa shape index (κ1) is 20.8. The number of nitrogens with one attached hydrogen (secondary N) is 1. The van der Waals surface area contributed by atoms with Crippen LogP contribution in [0, 0.1) is 0 Å². The van der Waals surface area contributed by atoms with Gasteiger partial charge in [0.15, 0.2) is 0 Å². The fraction of sp³-hybridized carbons (Fsp3) is 0.333. The Morgan fingerprint density at radius 2 is 1.27 bits per heavy atom. The molecule has 1 fully saturated rings. The Labute approximate surface area is 168 Å². The van der Waals surface area contributed by atoms with E-state index in [1.165, 1.54) is 48.6 Å². The van der Waals surface area contributed by atoms with Crippen molar-refractivity contribution in [2.75, 3.05) is 44.2 Å². The van der Waals surface area contributed by atoms with Crippen molar-refractivity contribution < 1.29 is 0 Å². The summed E-state index contributed by atoms with van der Waals surface area (Å²) in [6, 6.07) is 17.4. The molecule has 2 heterocycles. The molecular formula is C21H27Cl2N3. The summed E-state index contributed by atoms with van der Waals surface area (Å²) in [6.45, 7) is 6.83. The molecule has 2 aromatic carbocycles. The maximum absolute atomic E-state index is 3.43. The second-order valence-electron chi connectivity index (χ2n) is 6.55. The van der Waals surface area contributed by atoms with Gasteiger partial charge in [-0.15, -0.1) is 24.8 Å². The van der Waals surface area contributed by atoms with E-state index >= 15 is 0 Å². The number of anilines is 2. The summed E-state index contributed by atoms with van der Waals surface area (Å²) in [6.07, 6.45) is 5.66. The lowest BCUT2D eigenvalue weighted by molar-refractivity contribution is 0.240. The molecule has 26 heavy (non-hydrogen) atoms. The van der Waals surface area contributed by atoms with E-state index in [0.717, 1.165) is 19.6 Å². The molecule has 3 nitrogen and oxygen atoms in total. The lowest BCUT2D eigenvalue weighted by atomic mass is 10.1. The van der Waals surface area contributed by atoms with Crippen LogP contribution in [0.5, 0.6) is 0 Å². The number of hydrogen-bond donors (Lipinski definition) is 1. The van der Waals surface area contributed by atoms with E-state index in [1.807, 2.05) is 0 Å². The van der Waals surface area contributed by atoms with Crippen LogP contribution in [0.4, 0.5) is 11.4 Å². The highest BCUT2D eigenvalue weighted by atomic mass is 35.5. The molecule has 1 N–H and O–H groups in total. The predicted octanol–water partition coefficient (Wildman–Crippen LogP) is 4.45. The van der Waals surface area contributed by atoms with Crippen molar-refractivity contribution in [1.82, 2.24) is 10.2 Å². The van der Waals surface area contributed by atoms with Gasteiger partial charge in [0.2, 0.25) is 0 Å². The molecule has 0 saturated carbocycles. The normalized spacial score (nSPS) is 15.9. The zero-order valence-electron chi connectivity index (χ0n) is 14.9. The maximum atomic E-state index is 3.43. The number of para-hydroxylation sites is 2. The predicted molar refractivity (Wildman–Crippen MR) is 117 cm³/mol. The van der Waals surface area contributed by atoms with Gasteiger partial charge in [0, 0.05) is 44.1 Å². The molecule has 5 heteroatoms. The van der Waals surface area contributed by atoms with E-state index in [-0.39, 0.29) is 24.8 Å².